The van der Waals surface area contributed by atoms with Crippen LogP contribution in [0.2, 0.25) is 5.02 Å². The Balaban J connectivity index is 2.23. The second kappa shape index (κ2) is 6.62. The molecule has 2 N–H and O–H groups in total. The highest BCUT2D eigenvalue weighted by Gasteiger charge is 2.30. The topological polar surface area (TPSA) is 66.6 Å². The van der Waals surface area contributed by atoms with Crippen LogP contribution in [-0.2, 0) is 16.6 Å². The molecule has 1 aliphatic rings. The molecule has 0 saturated carbocycles. The Morgan fingerprint density at radius 1 is 1.24 bits per heavy atom. The minimum atomic E-state index is -3.56. The molecule has 2 rings (SSSR count). The van der Waals surface area contributed by atoms with E-state index in [0.29, 0.717) is 25.7 Å². The van der Waals surface area contributed by atoms with E-state index in [1.165, 1.54) is 4.31 Å². The maximum Gasteiger partial charge on any atom is 0.244 e. The highest BCUT2D eigenvalue weighted by Crippen LogP contribution is 2.26. The summed E-state index contributed by atoms with van der Waals surface area (Å²) in [6.07, 6.45) is 0. The molecule has 1 saturated heterocycles. The van der Waals surface area contributed by atoms with Crippen molar-refractivity contribution in [2.24, 2.45) is 5.73 Å². The molecule has 0 aliphatic carbocycles. The van der Waals surface area contributed by atoms with Gasteiger partial charge in [-0.25, -0.2) is 8.42 Å². The summed E-state index contributed by atoms with van der Waals surface area (Å²) in [6, 6.07) is 5.35. The van der Waals surface area contributed by atoms with Crippen molar-refractivity contribution in [2.45, 2.75) is 31.3 Å². The minimum Gasteiger partial charge on any atom is -0.326 e. The minimum absolute atomic E-state index is 0.158. The van der Waals surface area contributed by atoms with Gasteiger partial charge in [-0.1, -0.05) is 17.7 Å². The number of benzene rings is 1. The maximum absolute atomic E-state index is 12.7. The Labute approximate surface area is 131 Å². The van der Waals surface area contributed by atoms with Crippen molar-refractivity contribution in [3.8, 4) is 0 Å². The van der Waals surface area contributed by atoms with E-state index in [9.17, 15) is 8.42 Å². The van der Waals surface area contributed by atoms with Crippen LogP contribution in [0.3, 0.4) is 0 Å². The fraction of sp³-hybridized carbons (Fsp3) is 0.571. The predicted octanol–water partition coefficient (Wildman–Crippen LogP) is 1.51. The first-order valence-electron chi connectivity index (χ1n) is 7.09. The average molecular weight is 332 g/mol. The summed E-state index contributed by atoms with van der Waals surface area (Å²) in [5, 5.41) is 0.249. The van der Waals surface area contributed by atoms with Crippen LogP contribution in [0.25, 0.3) is 0 Å². The molecule has 0 unspecified atom stereocenters. The molecule has 1 fully saturated rings. The molecule has 1 aromatic carbocycles. The van der Waals surface area contributed by atoms with Crippen molar-refractivity contribution in [1.82, 2.24) is 9.21 Å². The molecular formula is C14H22ClN3O2S. The summed E-state index contributed by atoms with van der Waals surface area (Å²) >= 11 is 6.08. The fourth-order valence-electron chi connectivity index (χ4n) is 2.47. The molecule has 1 aromatic rings. The lowest BCUT2D eigenvalue weighted by Crippen LogP contribution is -2.50. The Kier molecular flexibility index (Phi) is 5.27. The number of piperazine rings is 1. The number of halogens is 1. The third kappa shape index (κ3) is 3.57. The normalized spacial score (nSPS) is 18.3. The largest absolute Gasteiger partial charge is 0.326 e. The van der Waals surface area contributed by atoms with E-state index in [2.05, 4.69) is 18.7 Å². The molecule has 0 aromatic heterocycles. The van der Waals surface area contributed by atoms with E-state index in [-0.39, 0.29) is 9.92 Å². The van der Waals surface area contributed by atoms with Gasteiger partial charge in [-0.05, 0) is 31.5 Å². The molecule has 0 radical (unpaired) electrons. The first kappa shape index (κ1) is 16.7. The highest BCUT2D eigenvalue weighted by atomic mass is 35.5. The Morgan fingerprint density at radius 3 is 2.38 bits per heavy atom. The SMILES string of the molecule is CC(C)N1CCN(S(=O)(=O)c2cc(CN)ccc2Cl)CC1. The zero-order valence-electron chi connectivity index (χ0n) is 12.4. The zero-order chi connectivity index (χ0) is 15.6. The highest BCUT2D eigenvalue weighted by molar-refractivity contribution is 7.89. The van der Waals surface area contributed by atoms with Crippen LogP contribution in [0.1, 0.15) is 19.4 Å². The van der Waals surface area contributed by atoms with Gasteiger partial charge in [-0.3, -0.25) is 4.90 Å². The molecule has 118 valence electrons. The van der Waals surface area contributed by atoms with Crippen LogP contribution in [-0.4, -0.2) is 49.8 Å². The molecule has 0 bridgehead atoms. The van der Waals surface area contributed by atoms with Crippen LogP contribution < -0.4 is 5.73 Å². The predicted molar refractivity (Wildman–Crippen MR) is 84.8 cm³/mol. The number of hydrogen-bond donors (Lipinski definition) is 1. The van der Waals surface area contributed by atoms with E-state index in [4.69, 9.17) is 17.3 Å². The van der Waals surface area contributed by atoms with Gasteiger partial charge in [0.05, 0.1) is 5.02 Å². The third-order valence-electron chi connectivity index (χ3n) is 3.85. The molecule has 0 amide bonds. The molecule has 5 nitrogen and oxygen atoms in total. The Bertz CT molecular complexity index is 596. The van der Waals surface area contributed by atoms with Crippen LogP contribution in [0.15, 0.2) is 23.1 Å². The Morgan fingerprint density at radius 2 is 1.86 bits per heavy atom. The first-order chi connectivity index (χ1) is 9.86. The van der Waals surface area contributed by atoms with Gasteiger partial charge in [-0.2, -0.15) is 4.31 Å². The van der Waals surface area contributed by atoms with Crippen LogP contribution in [0.4, 0.5) is 0 Å². The molecule has 1 aliphatic heterocycles. The van der Waals surface area contributed by atoms with Crippen LogP contribution in [0, 0.1) is 0 Å². The Hall–Kier alpha value is -0.660. The lowest BCUT2D eigenvalue weighted by molar-refractivity contribution is 0.154. The van der Waals surface area contributed by atoms with Gasteiger partial charge in [0.25, 0.3) is 0 Å². The lowest BCUT2D eigenvalue weighted by Gasteiger charge is -2.36. The van der Waals surface area contributed by atoms with Gasteiger partial charge in [0, 0.05) is 38.8 Å². The third-order valence-corrected chi connectivity index (χ3v) is 6.23. The van der Waals surface area contributed by atoms with Crippen molar-refractivity contribution < 1.29 is 8.42 Å². The molecule has 0 atom stereocenters. The van der Waals surface area contributed by atoms with E-state index in [1.807, 2.05) is 0 Å². The van der Waals surface area contributed by atoms with Crippen molar-refractivity contribution in [2.75, 3.05) is 26.2 Å². The summed E-state index contributed by atoms with van der Waals surface area (Å²) in [4.78, 5) is 2.43. The summed E-state index contributed by atoms with van der Waals surface area (Å²) in [5.74, 6) is 0. The molecular weight excluding hydrogens is 310 g/mol. The maximum atomic E-state index is 12.7. The molecule has 7 heteroatoms. The standard InChI is InChI=1S/C14H22ClN3O2S/c1-11(2)17-5-7-18(8-6-17)21(19,20)14-9-12(10-16)3-4-13(14)15/h3-4,9,11H,5-8,10,16H2,1-2H3. The summed E-state index contributed by atoms with van der Waals surface area (Å²) in [5.41, 5.74) is 6.35. The number of rotatable bonds is 4. The molecule has 21 heavy (non-hydrogen) atoms. The van der Waals surface area contributed by atoms with Gasteiger partial charge in [0.15, 0.2) is 0 Å². The fourth-order valence-corrected chi connectivity index (χ4v) is 4.42. The number of hydrogen-bond acceptors (Lipinski definition) is 4. The van der Waals surface area contributed by atoms with Gasteiger partial charge >= 0.3 is 0 Å². The van der Waals surface area contributed by atoms with Crippen LogP contribution >= 0.6 is 11.6 Å². The number of nitrogens with zero attached hydrogens (tertiary/aromatic N) is 2. The smallest absolute Gasteiger partial charge is 0.244 e. The van der Waals surface area contributed by atoms with Gasteiger partial charge in [0.2, 0.25) is 10.0 Å². The van der Waals surface area contributed by atoms with Crippen molar-refractivity contribution in [3.05, 3.63) is 28.8 Å². The van der Waals surface area contributed by atoms with Gasteiger partial charge in [0.1, 0.15) is 4.90 Å². The first-order valence-corrected chi connectivity index (χ1v) is 8.90. The summed E-state index contributed by atoms with van der Waals surface area (Å²) in [7, 11) is -3.56. The average Bonchev–Trinajstić information content (AvgIpc) is 2.47. The van der Waals surface area contributed by atoms with E-state index >= 15 is 0 Å². The monoisotopic (exact) mass is 331 g/mol. The summed E-state index contributed by atoms with van der Waals surface area (Å²) in [6.45, 7) is 6.99. The van der Waals surface area contributed by atoms with Crippen molar-refractivity contribution >= 4 is 21.6 Å². The quantitative estimate of drug-likeness (QED) is 0.908. The van der Waals surface area contributed by atoms with Gasteiger partial charge < -0.3 is 5.73 Å². The van der Waals surface area contributed by atoms with Gasteiger partial charge in [-0.15, -0.1) is 0 Å². The van der Waals surface area contributed by atoms with E-state index < -0.39 is 10.0 Å². The molecule has 0 spiro atoms. The van der Waals surface area contributed by atoms with E-state index in [1.54, 1.807) is 18.2 Å². The second-order valence-electron chi connectivity index (χ2n) is 5.50. The second-order valence-corrected chi connectivity index (χ2v) is 7.82. The van der Waals surface area contributed by atoms with E-state index in [0.717, 1.165) is 18.7 Å². The lowest BCUT2D eigenvalue weighted by atomic mass is 10.2. The van der Waals surface area contributed by atoms with Crippen LogP contribution in [0.5, 0.6) is 0 Å². The number of nitrogens with two attached hydrogens (primary N) is 1. The zero-order valence-corrected chi connectivity index (χ0v) is 14.0. The number of sulfonamides is 1. The summed E-state index contributed by atoms with van der Waals surface area (Å²) < 4.78 is 27.0. The molecule has 1 heterocycles. The van der Waals surface area contributed by atoms with Crippen molar-refractivity contribution in [3.63, 3.8) is 0 Å². The van der Waals surface area contributed by atoms with Crippen molar-refractivity contribution in [1.29, 1.82) is 0 Å².